The highest BCUT2D eigenvalue weighted by atomic mass is 35.5. The molecule has 1 aliphatic rings. The van der Waals surface area contributed by atoms with Crippen molar-refractivity contribution in [3.8, 4) is 0 Å². The van der Waals surface area contributed by atoms with Crippen molar-refractivity contribution in [2.45, 2.75) is 19.4 Å². The van der Waals surface area contributed by atoms with E-state index in [-0.39, 0.29) is 24.0 Å². The first-order valence-electron chi connectivity index (χ1n) is 6.90. The first-order valence-corrected chi connectivity index (χ1v) is 9.48. The Labute approximate surface area is 144 Å². The smallest absolute Gasteiger partial charge is 0.244 e. The van der Waals surface area contributed by atoms with E-state index < -0.39 is 21.8 Å². The summed E-state index contributed by atoms with van der Waals surface area (Å²) < 4.78 is 23.1. The number of sulfone groups is 1. The lowest BCUT2D eigenvalue weighted by Crippen LogP contribution is -2.44. The molecule has 0 bridgehead atoms. The minimum absolute atomic E-state index is 0.0309. The number of halogens is 2. The van der Waals surface area contributed by atoms with Crippen molar-refractivity contribution in [2.75, 3.05) is 23.4 Å². The summed E-state index contributed by atoms with van der Waals surface area (Å²) in [5.41, 5.74) is 0.340. The van der Waals surface area contributed by atoms with Crippen LogP contribution in [-0.4, -0.2) is 49.2 Å². The van der Waals surface area contributed by atoms with Crippen LogP contribution in [0.2, 0.25) is 10.0 Å². The van der Waals surface area contributed by atoms with Gasteiger partial charge in [-0.05, 0) is 24.6 Å². The molecule has 6 nitrogen and oxygen atoms in total. The number of nitrogens with zero attached hydrogens (tertiary/aromatic N) is 1. The van der Waals surface area contributed by atoms with Crippen molar-refractivity contribution in [3.63, 3.8) is 0 Å². The molecule has 0 saturated carbocycles. The predicted molar refractivity (Wildman–Crippen MR) is 89.5 cm³/mol. The number of nitrogens with one attached hydrogen (secondary N) is 1. The maximum absolute atomic E-state index is 12.2. The van der Waals surface area contributed by atoms with Crippen LogP contribution >= 0.6 is 23.2 Å². The standard InChI is InChI=1S/C14H16Cl2N2O4S/c1-9(19)18(11-4-5-23(21,22)8-11)7-14(20)17-13-6-10(15)2-3-12(13)16/h2-3,6,11H,4-5,7-8H2,1H3,(H,17,20). The van der Waals surface area contributed by atoms with Crippen LogP contribution < -0.4 is 5.32 Å². The van der Waals surface area contributed by atoms with Crippen molar-refractivity contribution in [1.29, 1.82) is 0 Å². The van der Waals surface area contributed by atoms with Crippen molar-refractivity contribution in [2.24, 2.45) is 0 Å². The summed E-state index contributed by atoms with van der Waals surface area (Å²) in [5, 5.41) is 3.31. The van der Waals surface area contributed by atoms with Gasteiger partial charge in [-0.3, -0.25) is 9.59 Å². The largest absolute Gasteiger partial charge is 0.330 e. The molecule has 0 spiro atoms. The Morgan fingerprint density at radius 3 is 2.61 bits per heavy atom. The number of rotatable bonds is 4. The SMILES string of the molecule is CC(=O)N(CC(=O)Nc1cc(Cl)ccc1Cl)C1CCS(=O)(=O)C1. The lowest BCUT2D eigenvalue weighted by Gasteiger charge is -2.26. The Balaban J connectivity index is 2.07. The van der Waals surface area contributed by atoms with Gasteiger partial charge in [-0.15, -0.1) is 0 Å². The predicted octanol–water partition coefficient (Wildman–Crippen LogP) is 1.97. The highest BCUT2D eigenvalue weighted by Gasteiger charge is 2.34. The number of hydrogen-bond donors (Lipinski definition) is 1. The highest BCUT2D eigenvalue weighted by Crippen LogP contribution is 2.25. The van der Waals surface area contributed by atoms with Crippen molar-refractivity contribution in [3.05, 3.63) is 28.2 Å². The molecule has 1 saturated heterocycles. The monoisotopic (exact) mass is 378 g/mol. The van der Waals surface area contributed by atoms with E-state index in [4.69, 9.17) is 23.2 Å². The van der Waals surface area contributed by atoms with Gasteiger partial charge in [0.1, 0.15) is 6.54 Å². The summed E-state index contributed by atoms with van der Waals surface area (Å²) in [4.78, 5) is 25.2. The molecule has 1 unspecified atom stereocenters. The van der Waals surface area contributed by atoms with E-state index >= 15 is 0 Å². The average Bonchev–Trinajstić information content (AvgIpc) is 2.80. The summed E-state index contributed by atoms with van der Waals surface area (Å²) in [5.74, 6) is -0.894. The second-order valence-electron chi connectivity index (χ2n) is 5.38. The van der Waals surface area contributed by atoms with Gasteiger partial charge in [-0.2, -0.15) is 0 Å². The van der Waals surface area contributed by atoms with E-state index in [1.54, 1.807) is 12.1 Å². The maximum Gasteiger partial charge on any atom is 0.244 e. The molecular weight excluding hydrogens is 363 g/mol. The van der Waals surface area contributed by atoms with Crippen LogP contribution in [0.4, 0.5) is 5.69 Å². The van der Waals surface area contributed by atoms with Crippen molar-refractivity contribution >= 4 is 50.5 Å². The fourth-order valence-corrected chi connectivity index (χ4v) is 4.52. The molecule has 0 aromatic heterocycles. The number of anilines is 1. The van der Waals surface area contributed by atoms with Crippen LogP contribution in [0.25, 0.3) is 0 Å². The molecule has 1 atom stereocenters. The first kappa shape index (κ1) is 18.0. The molecule has 1 aromatic rings. The summed E-state index contributed by atoms with van der Waals surface area (Å²) in [7, 11) is -3.15. The molecule has 1 aromatic carbocycles. The molecule has 1 N–H and O–H groups in total. The van der Waals surface area contributed by atoms with Gasteiger partial charge in [0.2, 0.25) is 11.8 Å². The van der Waals surface area contributed by atoms with Crippen LogP contribution in [0.15, 0.2) is 18.2 Å². The van der Waals surface area contributed by atoms with Gasteiger partial charge in [0.25, 0.3) is 0 Å². The Hall–Kier alpha value is -1.31. The second-order valence-corrected chi connectivity index (χ2v) is 8.45. The van der Waals surface area contributed by atoms with Crippen LogP contribution in [0, 0.1) is 0 Å². The zero-order valence-electron chi connectivity index (χ0n) is 12.4. The summed E-state index contributed by atoms with van der Waals surface area (Å²) in [6.45, 7) is 1.07. The zero-order chi connectivity index (χ0) is 17.2. The average molecular weight is 379 g/mol. The van der Waals surface area contributed by atoms with Crippen LogP contribution in [0.5, 0.6) is 0 Å². The molecule has 2 amide bonds. The minimum atomic E-state index is -3.15. The van der Waals surface area contributed by atoms with E-state index in [0.29, 0.717) is 22.2 Å². The summed E-state index contributed by atoms with van der Waals surface area (Å²) in [6.07, 6.45) is 0.340. The second kappa shape index (κ2) is 7.07. The highest BCUT2D eigenvalue weighted by molar-refractivity contribution is 7.91. The Kier molecular flexibility index (Phi) is 5.54. The normalized spacial score (nSPS) is 19.3. The van der Waals surface area contributed by atoms with E-state index in [1.807, 2.05) is 0 Å². The number of hydrogen-bond acceptors (Lipinski definition) is 4. The van der Waals surface area contributed by atoms with E-state index in [1.165, 1.54) is 17.9 Å². The number of benzene rings is 1. The van der Waals surface area contributed by atoms with Gasteiger partial charge in [-0.1, -0.05) is 23.2 Å². The third-order valence-electron chi connectivity index (χ3n) is 3.57. The van der Waals surface area contributed by atoms with E-state index in [2.05, 4.69) is 5.32 Å². The maximum atomic E-state index is 12.2. The van der Waals surface area contributed by atoms with Crippen LogP contribution in [-0.2, 0) is 19.4 Å². The van der Waals surface area contributed by atoms with E-state index in [0.717, 1.165) is 0 Å². The van der Waals surface area contributed by atoms with Gasteiger partial charge < -0.3 is 10.2 Å². The molecular formula is C14H16Cl2N2O4S. The minimum Gasteiger partial charge on any atom is -0.330 e. The third-order valence-corrected chi connectivity index (χ3v) is 5.89. The third kappa shape index (κ3) is 4.83. The number of carbonyl (C=O) groups excluding carboxylic acids is 2. The molecule has 2 rings (SSSR count). The van der Waals surface area contributed by atoms with Gasteiger partial charge in [0, 0.05) is 18.0 Å². The fraction of sp³-hybridized carbons (Fsp3) is 0.429. The summed E-state index contributed by atoms with van der Waals surface area (Å²) in [6, 6.07) is 4.16. The Bertz CT molecular complexity index is 736. The van der Waals surface area contributed by atoms with Crippen LogP contribution in [0.1, 0.15) is 13.3 Å². The lowest BCUT2D eigenvalue weighted by atomic mass is 10.2. The Morgan fingerprint density at radius 1 is 1.35 bits per heavy atom. The first-order chi connectivity index (χ1) is 10.7. The molecule has 0 aliphatic carbocycles. The van der Waals surface area contributed by atoms with E-state index in [9.17, 15) is 18.0 Å². The van der Waals surface area contributed by atoms with Gasteiger partial charge in [0.15, 0.2) is 9.84 Å². The zero-order valence-corrected chi connectivity index (χ0v) is 14.7. The lowest BCUT2D eigenvalue weighted by molar-refractivity contribution is -0.134. The Morgan fingerprint density at radius 2 is 2.04 bits per heavy atom. The molecule has 9 heteroatoms. The van der Waals surface area contributed by atoms with Gasteiger partial charge in [-0.25, -0.2) is 8.42 Å². The van der Waals surface area contributed by atoms with Gasteiger partial charge >= 0.3 is 0 Å². The fourth-order valence-electron chi connectivity index (χ4n) is 2.46. The molecule has 23 heavy (non-hydrogen) atoms. The summed E-state index contributed by atoms with van der Waals surface area (Å²) >= 11 is 11.8. The van der Waals surface area contributed by atoms with Gasteiger partial charge in [0.05, 0.1) is 22.2 Å². The molecule has 1 aliphatic heterocycles. The van der Waals surface area contributed by atoms with Crippen molar-refractivity contribution in [1.82, 2.24) is 4.90 Å². The number of amides is 2. The molecule has 1 fully saturated rings. The number of carbonyl (C=O) groups is 2. The molecule has 126 valence electrons. The van der Waals surface area contributed by atoms with Crippen LogP contribution in [0.3, 0.4) is 0 Å². The topological polar surface area (TPSA) is 83.6 Å². The molecule has 0 radical (unpaired) electrons. The quantitative estimate of drug-likeness (QED) is 0.867. The molecule has 1 heterocycles. The van der Waals surface area contributed by atoms with Crippen molar-refractivity contribution < 1.29 is 18.0 Å².